The summed E-state index contributed by atoms with van der Waals surface area (Å²) in [6, 6.07) is 14.0. The molecule has 4 heterocycles. The van der Waals surface area contributed by atoms with Gasteiger partial charge >= 0.3 is 0 Å². The molecule has 0 fully saturated rings. The van der Waals surface area contributed by atoms with Gasteiger partial charge in [0.1, 0.15) is 5.65 Å². The normalized spacial score (nSPS) is 14.7. The van der Waals surface area contributed by atoms with Crippen LogP contribution in [0.2, 0.25) is 0 Å². The molecule has 0 unspecified atom stereocenters. The average molecular weight is 354 g/mol. The van der Waals surface area contributed by atoms with E-state index in [4.69, 9.17) is 0 Å². The zero-order chi connectivity index (χ0) is 18.5. The minimum Gasteiger partial charge on any atom is -0.359 e. The molecule has 0 aliphatic carbocycles. The Hall–Kier alpha value is -3.60. The quantitative estimate of drug-likeness (QED) is 0.523. The van der Waals surface area contributed by atoms with Crippen molar-refractivity contribution in [2.75, 3.05) is 5.32 Å². The first-order chi connectivity index (χ1) is 13.1. The molecular formula is C22H18N4O. The molecule has 0 saturated carbocycles. The molecule has 5 rings (SSSR count). The highest BCUT2D eigenvalue weighted by molar-refractivity contribution is 6.35. The van der Waals surface area contributed by atoms with Crippen LogP contribution in [-0.2, 0) is 4.79 Å². The number of H-pyrrole nitrogens is 1. The minimum absolute atomic E-state index is 0.0769. The van der Waals surface area contributed by atoms with Crippen LogP contribution < -0.4 is 5.32 Å². The zero-order valence-corrected chi connectivity index (χ0v) is 15.1. The number of nitrogens with one attached hydrogen (secondary N) is 2. The van der Waals surface area contributed by atoms with Crippen molar-refractivity contribution < 1.29 is 4.79 Å². The van der Waals surface area contributed by atoms with Crippen LogP contribution in [0.25, 0.3) is 28.6 Å². The van der Waals surface area contributed by atoms with Crippen molar-refractivity contribution in [3.8, 4) is 11.3 Å². The number of carbonyl (C=O) groups is 1. The number of carbonyl (C=O) groups excluding carboxylic acids is 1. The SMILES string of the molecule is Cc1cc(C)c(/C=C2\C(=O)Nc3ccc(-c4cnc5ccccn45)cc32)[nH]1. The molecule has 27 heavy (non-hydrogen) atoms. The smallest absolute Gasteiger partial charge is 0.256 e. The highest BCUT2D eigenvalue weighted by atomic mass is 16.2. The van der Waals surface area contributed by atoms with Crippen molar-refractivity contribution in [2.24, 2.45) is 0 Å². The Bertz CT molecular complexity index is 1240. The van der Waals surface area contributed by atoms with Crippen molar-refractivity contribution in [3.63, 3.8) is 0 Å². The number of hydrogen-bond acceptors (Lipinski definition) is 2. The third kappa shape index (κ3) is 2.47. The van der Waals surface area contributed by atoms with Gasteiger partial charge in [-0.05, 0) is 55.8 Å². The molecule has 1 aromatic carbocycles. The van der Waals surface area contributed by atoms with Gasteiger partial charge in [-0.25, -0.2) is 4.98 Å². The second-order valence-electron chi connectivity index (χ2n) is 6.89. The van der Waals surface area contributed by atoms with E-state index in [0.717, 1.165) is 45.1 Å². The second-order valence-corrected chi connectivity index (χ2v) is 6.89. The van der Waals surface area contributed by atoms with Gasteiger partial charge in [-0.2, -0.15) is 0 Å². The first-order valence-corrected chi connectivity index (χ1v) is 8.86. The fraction of sp³-hybridized carbons (Fsp3) is 0.0909. The molecule has 1 aliphatic rings. The number of amides is 1. The molecule has 3 aromatic heterocycles. The van der Waals surface area contributed by atoms with E-state index in [0.29, 0.717) is 5.57 Å². The number of hydrogen-bond donors (Lipinski definition) is 2. The second kappa shape index (κ2) is 5.71. The molecule has 5 nitrogen and oxygen atoms in total. The highest BCUT2D eigenvalue weighted by Gasteiger charge is 2.25. The molecule has 0 atom stereocenters. The van der Waals surface area contributed by atoms with Crippen molar-refractivity contribution >= 4 is 28.9 Å². The Kier molecular flexibility index (Phi) is 3.31. The van der Waals surface area contributed by atoms with Gasteiger partial charge in [-0.1, -0.05) is 12.1 Å². The number of pyridine rings is 1. The standard InChI is InChI=1S/C22H18N4O/c1-13-9-14(2)24-19(13)11-17-16-10-15(6-7-18(16)25-22(17)27)20-12-23-21-5-3-4-8-26(20)21/h3-12,24H,1-2H3,(H,25,27)/b17-11-. The van der Waals surface area contributed by atoms with E-state index < -0.39 is 0 Å². The van der Waals surface area contributed by atoms with Gasteiger partial charge in [0.05, 0.1) is 17.5 Å². The number of benzene rings is 1. The Balaban J connectivity index is 1.65. The summed E-state index contributed by atoms with van der Waals surface area (Å²) in [6.07, 6.45) is 5.79. The summed E-state index contributed by atoms with van der Waals surface area (Å²) in [5.41, 5.74) is 8.51. The summed E-state index contributed by atoms with van der Waals surface area (Å²) in [6.45, 7) is 4.05. The lowest BCUT2D eigenvalue weighted by Crippen LogP contribution is -2.03. The number of aromatic amines is 1. The minimum atomic E-state index is -0.0769. The van der Waals surface area contributed by atoms with E-state index in [-0.39, 0.29) is 5.91 Å². The summed E-state index contributed by atoms with van der Waals surface area (Å²) in [5.74, 6) is -0.0769. The highest BCUT2D eigenvalue weighted by Crippen LogP contribution is 2.36. The van der Waals surface area contributed by atoms with E-state index >= 15 is 0 Å². The van der Waals surface area contributed by atoms with E-state index in [1.807, 2.05) is 67.0 Å². The number of rotatable bonds is 2. The molecule has 1 amide bonds. The van der Waals surface area contributed by atoms with Crippen LogP contribution in [0, 0.1) is 13.8 Å². The first-order valence-electron chi connectivity index (χ1n) is 8.86. The summed E-state index contributed by atoms with van der Waals surface area (Å²) in [4.78, 5) is 20.3. The summed E-state index contributed by atoms with van der Waals surface area (Å²) in [5, 5.41) is 2.96. The Labute approximate surface area is 156 Å². The number of nitrogens with zero attached hydrogens (tertiary/aromatic N) is 2. The zero-order valence-electron chi connectivity index (χ0n) is 15.1. The maximum atomic E-state index is 12.6. The fourth-order valence-electron chi connectivity index (χ4n) is 3.68. The molecule has 0 radical (unpaired) electrons. The molecular weight excluding hydrogens is 336 g/mol. The van der Waals surface area contributed by atoms with Gasteiger partial charge in [0.25, 0.3) is 5.91 Å². The lowest BCUT2D eigenvalue weighted by Gasteiger charge is -2.05. The molecule has 0 saturated heterocycles. The largest absolute Gasteiger partial charge is 0.359 e. The summed E-state index contributed by atoms with van der Waals surface area (Å²) in [7, 11) is 0. The number of fused-ring (bicyclic) bond motifs is 2. The lowest BCUT2D eigenvalue weighted by molar-refractivity contribution is -0.110. The Morgan fingerprint density at radius 1 is 1.11 bits per heavy atom. The van der Waals surface area contributed by atoms with Crippen molar-refractivity contribution in [2.45, 2.75) is 13.8 Å². The molecule has 4 aromatic rings. The van der Waals surface area contributed by atoms with Crippen LogP contribution in [0.5, 0.6) is 0 Å². The maximum absolute atomic E-state index is 12.6. The molecule has 0 bridgehead atoms. The fourth-order valence-corrected chi connectivity index (χ4v) is 3.68. The van der Waals surface area contributed by atoms with E-state index in [1.165, 1.54) is 0 Å². The van der Waals surface area contributed by atoms with Gasteiger partial charge in [-0.15, -0.1) is 0 Å². The monoisotopic (exact) mass is 354 g/mol. The van der Waals surface area contributed by atoms with Crippen molar-refractivity contribution in [3.05, 3.63) is 77.4 Å². The number of aromatic nitrogens is 3. The lowest BCUT2D eigenvalue weighted by atomic mass is 10.0. The topological polar surface area (TPSA) is 62.2 Å². The summed E-state index contributed by atoms with van der Waals surface area (Å²) >= 11 is 0. The molecule has 5 heteroatoms. The van der Waals surface area contributed by atoms with Crippen LogP contribution in [0.15, 0.2) is 54.9 Å². The number of imidazole rings is 1. The average Bonchev–Trinajstić information content (AvgIpc) is 3.31. The van der Waals surface area contributed by atoms with Crippen LogP contribution in [0.1, 0.15) is 22.5 Å². The molecule has 1 aliphatic heterocycles. The Morgan fingerprint density at radius 2 is 2.00 bits per heavy atom. The van der Waals surface area contributed by atoms with Gasteiger partial charge in [-0.3, -0.25) is 9.20 Å². The van der Waals surface area contributed by atoms with Gasteiger partial charge in [0.15, 0.2) is 0 Å². The van der Waals surface area contributed by atoms with Crippen LogP contribution in [-0.4, -0.2) is 20.3 Å². The first kappa shape index (κ1) is 15.6. The molecule has 2 N–H and O–H groups in total. The predicted molar refractivity (Wildman–Crippen MR) is 107 cm³/mol. The number of anilines is 1. The number of aryl methyl sites for hydroxylation is 2. The molecule has 0 spiro atoms. The van der Waals surface area contributed by atoms with E-state index in [9.17, 15) is 4.79 Å². The van der Waals surface area contributed by atoms with Gasteiger partial charge in [0.2, 0.25) is 0 Å². The third-order valence-electron chi connectivity index (χ3n) is 4.99. The maximum Gasteiger partial charge on any atom is 0.256 e. The van der Waals surface area contributed by atoms with Crippen LogP contribution in [0.3, 0.4) is 0 Å². The van der Waals surface area contributed by atoms with E-state index in [1.54, 1.807) is 0 Å². The third-order valence-corrected chi connectivity index (χ3v) is 4.99. The Morgan fingerprint density at radius 3 is 2.81 bits per heavy atom. The van der Waals surface area contributed by atoms with Crippen molar-refractivity contribution in [1.29, 1.82) is 0 Å². The van der Waals surface area contributed by atoms with Crippen molar-refractivity contribution in [1.82, 2.24) is 14.4 Å². The predicted octanol–water partition coefficient (Wildman–Crippen LogP) is 4.44. The van der Waals surface area contributed by atoms with E-state index in [2.05, 4.69) is 27.4 Å². The van der Waals surface area contributed by atoms with Gasteiger partial charge in [0, 0.05) is 34.4 Å². The molecule has 132 valence electrons. The van der Waals surface area contributed by atoms with Gasteiger partial charge < -0.3 is 10.3 Å². The summed E-state index contributed by atoms with van der Waals surface area (Å²) < 4.78 is 2.05. The van der Waals surface area contributed by atoms with Crippen LogP contribution >= 0.6 is 0 Å². The van der Waals surface area contributed by atoms with Crippen LogP contribution in [0.4, 0.5) is 5.69 Å².